The second-order valence-corrected chi connectivity index (χ2v) is 16.4. The number of ether oxygens (including phenoxy) is 6. The second kappa shape index (κ2) is 19.4. The minimum atomic E-state index is -1.79. The third-order valence-corrected chi connectivity index (χ3v) is 10.8. The topological polar surface area (TPSA) is 192 Å². The van der Waals surface area contributed by atoms with Gasteiger partial charge in [-0.2, -0.15) is 0 Å². The van der Waals surface area contributed by atoms with Gasteiger partial charge in [-0.1, -0.05) is 89.7 Å². The number of esters is 6. The van der Waals surface area contributed by atoms with Crippen molar-refractivity contribution in [1.29, 1.82) is 0 Å². The molecule has 0 spiro atoms. The lowest BCUT2D eigenvalue weighted by atomic mass is 9.71. The Hall–Kier alpha value is -5.92. The van der Waals surface area contributed by atoms with Crippen molar-refractivity contribution in [2.45, 2.75) is 98.8 Å². The van der Waals surface area contributed by atoms with E-state index in [4.69, 9.17) is 28.4 Å². The first-order valence-corrected chi connectivity index (χ1v) is 19.7. The zero-order chi connectivity index (χ0) is 44.7. The molecule has 2 unspecified atom stereocenters. The summed E-state index contributed by atoms with van der Waals surface area (Å²) in [6.45, 7) is 16.3. The normalized spacial score (nSPS) is 28.1. The number of hydrogen-bond acceptors (Lipinski definition) is 14. The highest BCUT2D eigenvalue weighted by atomic mass is 16.6. The Kier molecular flexibility index (Phi) is 15.1. The summed E-state index contributed by atoms with van der Waals surface area (Å²) in [5, 5.41) is 0. The molecular formula is C46H54O14. The summed E-state index contributed by atoms with van der Waals surface area (Å²) in [7, 11) is 0. The molecule has 322 valence electrons. The van der Waals surface area contributed by atoms with Gasteiger partial charge in [-0.25, -0.2) is 9.59 Å². The van der Waals surface area contributed by atoms with Gasteiger partial charge in [-0.15, -0.1) is 0 Å². The van der Waals surface area contributed by atoms with Crippen LogP contribution >= 0.6 is 0 Å². The van der Waals surface area contributed by atoms with Gasteiger partial charge in [0.15, 0.2) is 30.7 Å². The molecular weight excluding hydrogens is 776 g/mol. The van der Waals surface area contributed by atoms with Crippen LogP contribution in [0.15, 0.2) is 85.0 Å². The molecule has 0 aromatic heterocycles. The molecule has 14 heteroatoms. The van der Waals surface area contributed by atoms with Gasteiger partial charge in [-0.05, 0) is 37.6 Å². The molecule has 60 heavy (non-hydrogen) atoms. The summed E-state index contributed by atoms with van der Waals surface area (Å²) in [6, 6.07) is 15.7. The molecule has 0 saturated heterocycles. The highest BCUT2D eigenvalue weighted by molar-refractivity contribution is 5.94. The van der Waals surface area contributed by atoms with Crippen LogP contribution in [0.3, 0.4) is 0 Å². The molecule has 9 atom stereocenters. The smallest absolute Gasteiger partial charge is 0.338 e. The molecule has 0 N–H and O–H groups in total. The number of rotatable bonds is 11. The van der Waals surface area contributed by atoms with Gasteiger partial charge in [0.1, 0.15) is 17.5 Å². The average Bonchev–Trinajstić information content (AvgIpc) is 3.49. The predicted octanol–water partition coefficient (Wildman–Crippen LogP) is 6.00. The van der Waals surface area contributed by atoms with Crippen molar-refractivity contribution in [3.8, 4) is 0 Å². The van der Waals surface area contributed by atoms with E-state index in [0.29, 0.717) is 0 Å². The number of ketones is 2. The van der Waals surface area contributed by atoms with Crippen molar-refractivity contribution >= 4 is 47.4 Å². The van der Waals surface area contributed by atoms with Crippen molar-refractivity contribution in [3.05, 3.63) is 96.1 Å². The number of carbonyl (C=O) groups excluding carboxylic acids is 8. The minimum absolute atomic E-state index is 0.0652. The molecule has 0 aliphatic heterocycles. The molecule has 0 amide bonds. The highest BCUT2D eigenvalue weighted by Crippen LogP contribution is 2.53. The molecule has 0 radical (unpaired) electrons. The summed E-state index contributed by atoms with van der Waals surface area (Å²) >= 11 is 0. The van der Waals surface area contributed by atoms with Crippen molar-refractivity contribution in [1.82, 2.24) is 0 Å². The lowest BCUT2D eigenvalue weighted by Gasteiger charge is -2.43. The Bertz CT molecular complexity index is 2000. The van der Waals surface area contributed by atoms with Gasteiger partial charge in [-0.3, -0.25) is 28.8 Å². The lowest BCUT2D eigenvalue weighted by Crippen LogP contribution is -2.55. The van der Waals surface area contributed by atoms with Gasteiger partial charge >= 0.3 is 35.8 Å². The van der Waals surface area contributed by atoms with Crippen LogP contribution in [0, 0.1) is 35.0 Å². The quantitative estimate of drug-likeness (QED) is 0.145. The zero-order valence-electron chi connectivity index (χ0n) is 35.5. The summed E-state index contributed by atoms with van der Waals surface area (Å²) in [6.07, 6.45) is -3.67. The number of fused-ring (bicyclic) bond motifs is 1. The SMILES string of the molecule is C=C1[C@@H](OC(=O)c2ccccc2)[C@H](OC(C)=O)[C@H](OC(C)=O)C(C)(C)/C=C\[C@@H](C)C(=O)C2C[C@](C)(OC(C)=O)[C@@H](C(=O)COC(=O)c3ccccc3)C2[C@H]1OC(=O)C(C)C. The van der Waals surface area contributed by atoms with Crippen LogP contribution < -0.4 is 0 Å². The van der Waals surface area contributed by atoms with E-state index in [-0.39, 0.29) is 23.1 Å². The third-order valence-electron chi connectivity index (χ3n) is 10.8. The Morgan fingerprint density at radius 1 is 0.750 bits per heavy atom. The number of hydrogen-bond donors (Lipinski definition) is 0. The highest BCUT2D eigenvalue weighted by Gasteiger charge is 2.63. The van der Waals surface area contributed by atoms with E-state index in [1.807, 2.05) is 0 Å². The Balaban J connectivity index is 2.06. The van der Waals surface area contributed by atoms with Gasteiger partial charge < -0.3 is 28.4 Å². The van der Waals surface area contributed by atoms with Crippen molar-refractivity contribution in [2.24, 2.45) is 35.0 Å². The molecule has 14 nitrogen and oxygen atoms in total. The molecule has 2 aliphatic rings. The number of Topliss-reactive ketones (excluding diaryl/α,β-unsaturated/α-hetero) is 2. The number of carbonyl (C=O) groups is 8. The van der Waals surface area contributed by atoms with E-state index >= 15 is 0 Å². The maximum absolute atomic E-state index is 14.8. The molecule has 0 heterocycles. The van der Waals surface area contributed by atoms with Crippen molar-refractivity contribution < 1.29 is 66.8 Å². The Labute approximate surface area is 349 Å². The van der Waals surface area contributed by atoms with Crippen LogP contribution in [-0.4, -0.2) is 84.0 Å². The fourth-order valence-electron chi connectivity index (χ4n) is 8.04. The van der Waals surface area contributed by atoms with Crippen molar-refractivity contribution in [2.75, 3.05) is 6.61 Å². The Morgan fingerprint density at radius 3 is 1.82 bits per heavy atom. The van der Waals surface area contributed by atoms with E-state index < -0.39 is 119 Å². The number of benzene rings is 2. The van der Waals surface area contributed by atoms with E-state index in [0.717, 1.165) is 20.8 Å². The second-order valence-electron chi connectivity index (χ2n) is 16.4. The Morgan fingerprint density at radius 2 is 1.30 bits per heavy atom. The summed E-state index contributed by atoms with van der Waals surface area (Å²) in [5.74, 6) is -12.1. The van der Waals surface area contributed by atoms with E-state index in [1.54, 1.807) is 83.2 Å². The van der Waals surface area contributed by atoms with Crippen LogP contribution in [0.5, 0.6) is 0 Å². The molecule has 2 aliphatic carbocycles. The van der Waals surface area contributed by atoms with Gasteiger partial charge in [0.2, 0.25) is 0 Å². The maximum Gasteiger partial charge on any atom is 0.338 e. The van der Waals surface area contributed by atoms with Crippen LogP contribution in [0.1, 0.15) is 89.5 Å². The fourth-order valence-corrected chi connectivity index (χ4v) is 8.04. The molecule has 2 aromatic carbocycles. The van der Waals surface area contributed by atoms with Crippen LogP contribution in [-0.2, 0) is 57.2 Å². The summed E-state index contributed by atoms with van der Waals surface area (Å²) < 4.78 is 35.5. The molecule has 1 fully saturated rings. The molecule has 2 aromatic rings. The lowest BCUT2D eigenvalue weighted by molar-refractivity contribution is -0.183. The fraction of sp³-hybridized carbons (Fsp3) is 0.478. The summed E-state index contributed by atoms with van der Waals surface area (Å²) in [5.41, 5.74) is -3.04. The standard InChI is InChI=1S/C46H54O14/c1-25(2)42(52)58-38-27(4)39(59-44(54)32-19-15-12-16-20-32)40(56-28(5)47)41(57-29(6)48)45(8,9)22-21-26(3)37(51)33-23-46(10,60-30(7)49)36(35(33)38)34(50)24-55-43(53)31-17-13-11-14-18-31/h11-22,25-26,33,35-36,38-41H,4,23-24H2,1-3,5-10H3/b22-21-/t26-,33?,35?,36+,38+,39-,40+,41+,46+/m1/s1. The van der Waals surface area contributed by atoms with Gasteiger partial charge in [0.25, 0.3) is 0 Å². The largest absolute Gasteiger partial charge is 0.459 e. The average molecular weight is 831 g/mol. The molecule has 4 rings (SSSR count). The zero-order valence-corrected chi connectivity index (χ0v) is 35.5. The molecule has 1 saturated carbocycles. The monoisotopic (exact) mass is 830 g/mol. The van der Waals surface area contributed by atoms with Crippen LogP contribution in [0.4, 0.5) is 0 Å². The maximum atomic E-state index is 14.8. The van der Waals surface area contributed by atoms with Crippen LogP contribution in [0.2, 0.25) is 0 Å². The van der Waals surface area contributed by atoms with E-state index in [9.17, 15) is 38.4 Å². The minimum Gasteiger partial charge on any atom is -0.459 e. The predicted molar refractivity (Wildman–Crippen MR) is 215 cm³/mol. The third kappa shape index (κ3) is 11.0. The first kappa shape index (κ1) is 46.8. The first-order valence-electron chi connectivity index (χ1n) is 19.7. The van der Waals surface area contributed by atoms with Gasteiger partial charge in [0.05, 0.1) is 23.0 Å². The van der Waals surface area contributed by atoms with Crippen LogP contribution in [0.25, 0.3) is 0 Å². The summed E-state index contributed by atoms with van der Waals surface area (Å²) in [4.78, 5) is 109. The van der Waals surface area contributed by atoms with E-state index in [1.165, 1.54) is 31.2 Å². The van der Waals surface area contributed by atoms with E-state index in [2.05, 4.69) is 6.58 Å². The molecule has 0 bridgehead atoms. The number of allylic oxidation sites excluding steroid dienone is 1. The van der Waals surface area contributed by atoms with Gasteiger partial charge in [0, 0.05) is 49.5 Å². The van der Waals surface area contributed by atoms with Crippen molar-refractivity contribution in [3.63, 3.8) is 0 Å². The first-order chi connectivity index (χ1) is 28.1.